The third-order valence-electron chi connectivity index (χ3n) is 2.99. The standard InChI is InChI=1S/C15H13N5OS/c1-21-13-7-5-11(6-8-13)14-18-19-15(22)20(14)17-10-12-4-2-3-9-16-12/h2-10H,1H3,(H,19,22)/b17-10-. The summed E-state index contributed by atoms with van der Waals surface area (Å²) in [7, 11) is 1.63. The molecule has 0 radical (unpaired) electrons. The van der Waals surface area contributed by atoms with Gasteiger partial charge in [0, 0.05) is 11.8 Å². The maximum atomic E-state index is 5.22. The fourth-order valence-corrected chi connectivity index (χ4v) is 2.07. The Labute approximate surface area is 132 Å². The van der Waals surface area contributed by atoms with Crippen LogP contribution in [0.25, 0.3) is 11.4 Å². The van der Waals surface area contributed by atoms with Crippen molar-refractivity contribution in [3.63, 3.8) is 0 Å². The number of hydrogen-bond acceptors (Lipinski definition) is 5. The maximum absolute atomic E-state index is 5.22. The molecule has 0 amide bonds. The number of nitrogens with one attached hydrogen (secondary N) is 1. The minimum Gasteiger partial charge on any atom is -0.497 e. The summed E-state index contributed by atoms with van der Waals surface area (Å²) in [4.78, 5) is 4.19. The molecule has 0 aliphatic carbocycles. The van der Waals surface area contributed by atoms with Crippen LogP contribution in [0.15, 0.2) is 53.8 Å². The van der Waals surface area contributed by atoms with Crippen molar-refractivity contribution in [2.24, 2.45) is 5.10 Å². The lowest BCUT2D eigenvalue weighted by Crippen LogP contribution is -1.96. The number of methoxy groups -OCH3 is 1. The molecule has 1 N–H and O–H groups in total. The lowest BCUT2D eigenvalue weighted by atomic mass is 10.2. The summed E-state index contributed by atoms with van der Waals surface area (Å²) in [6.07, 6.45) is 3.35. The van der Waals surface area contributed by atoms with Crippen LogP contribution >= 0.6 is 12.2 Å². The van der Waals surface area contributed by atoms with Crippen LogP contribution < -0.4 is 4.74 Å². The second-order valence-corrected chi connectivity index (χ2v) is 4.78. The molecule has 6 nitrogen and oxygen atoms in total. The van der Waals surface area contributed by atoms with E-state index in [4.69, 9.17) is 17.0 Å². The van der Waals surface area contributed by atoms with Gasteiger partial charge in [-0.25, -0.2) is 5.10 Å². The Morgan fingerprint density at radius 3 is 2.73 bits per heavy atom. The van der Waals surface area contributed by atoms with Crippen molar-refractivity contribution < 1.29 is 4.74 Å². The molecule has 0 aliphatic rings. The van der Waals surface area contributed by atoms with Gasteiger partial charge in [-0.3, -0.25) is 4.98 Å². The van der Waals surface area contributed by atoms with Gasteiger partial charge in [0.25, 0.3) is 0 Å². The lowest BCUT2D eigenvalue weighted by Gasteiger charge is -2.03. The Balaban J connectivity index is 1.97. The number of benzene rings is 1. The summed E-state index contributed by atoms with van der Waals surface area (Å²) in [5.41, 5.74) is 1.62. The van der Waals surface area contributed by atoms with Crippen LogP contribution in [0.1, 0.15) is 5.69 Å². The smallest absolute Gasteiger partial charge is 0.216 e. The number of hydrogen-bond donors (Lipinski definition) is 1. The molecule has 0 fully saturated rings. The van der Waals surface area contributed by atoms with Crippen LogP contribution in [0.4, 0.5) is 0 Å². The van der Waals surface area contributed by atoms with Gasteiger partial charge in [0.2, 0.25) is 4.77 Å². The second-order valence-electron chi connectivity index (χ2n) is 4.39. The molecule has 0 bridgehead atoms. The fourth-order valence-electron chi connectivity index (χ4n) is 1.89. The lowest BCUT2D eigenvalue weighted by molar-refractivity contribution is 0.415. The van der Waals surface area contributed by atoms with Crippen LogP contribution in [0.3, 0.4) is 0 Å². The molecule has 0 saturated carbocycles. The molecule has 2 heterocycles. The molecular formula is C15H13N5OS. The van der Waals surface area contributed by atoms with Gasteiger partial charge < -0.3 is 4.74 Å². The molecule has 0 unspecified atom stereocenters. The van der Waals surface area contributed by atoms with Gasteiger partial charge in [0.15, 0.2) is 5.82 Å². The van der Waals surface area contributed by atoms with E-state index in [1.54, 1.807) is 24.2 Å². The predicted octanol–water partition coefficient (Wildman–Crippen LogP) is 2.89. The van der Waals surface area contributed by atoms with Crippen LogP contribution in [-0.2, 0) is 0 Å². The number of aromatic amines is 1. The van der Waals surface area contributed by atoms with Gasteiger partial charge in [-0.15, -0.1) is 0 Å². The molecule has 0 atom stereocenters. The highest BCUT2D eigenvalue weighted by Gasteiger charge is 2.08. The molecule has 0 saturated heterocycles. The Hall–Kier alpha value is -2.80. The first-order valence-electron chi connectivity index (χ1n) is 6.55. The minimum absolute atomic E-state index is 0.415. The van der Waals surface area contributed by atoms with E-state index in [9.17, 15) is 0 Å². The molecule has 1 aromatic carbocycles. The molecule has 22 heavy (non-hydrogen) atoms. The van der Waals surface area contributed by atoms with E-state index >= 15 is 0 Å². The van der Waals surface area contributed by atoms with Crippen LogP contribution in [-0.4, -0.2) is 33.2 Å². The summed E-state index contributed by atoms with van der Waals surface area (Å²) in [5, 5.41) is 11.3. The molecule has 2 aromatic heterocycles. The molecule has 7 heteroatoms. The third-order valence-corrected chi connectivity index (χ3v) is 3.26. The second kappa shape index (κ2) is 6.31. The summed E-state index contributed by atoms with van der Waals surface area (Å²) < 4.78 is 7.13. The van der Waals surface area contributed by atoms with E-state index in [1.807, 2.05) is 42.5 Å². The van der Waals surface area contributed by atoms with E-state index in [2.05, 4.69) is 20.3 Å². The minimum atomic E-state index is 0.415. The normalized spacial score (nSPS) is 11.0. The van der Waals surface area contributed by atoms with Gasteiger partial charge in [0.05, 0.1) is 19.0 Å². The van der Waals surface area contributed by atoms with Crippen LogP contribution in [0.5, 0.6) is 5.75 Å². The number of ether oxygens (including phenoxy) is 1. The van der Waals surface area contributed by atoms with Crippen molar-refractivity contribution in [2.45, 2.75) is 0 Å². The molecule has 3 aromatic rings. The van der Waals surface area contributed by atoms with Gasteiger partial charge in [-0.1, -0.05) is 6.07 Å². The molecule has 110 valence electrons. The van der Waals surface area contributed by atoms with Gasteiger partial charge in [-0.2, -0.15) is 14.9 Å². The van der Waals surface area contributed by atoms with Crippen molar-refractivity contribution in [1.82, 2.24) is 19.9 Å². The van der Waals surface area contributed by atoms with E-state index in [0.717, 1.165) is 17.0 Å². The van der Waals surface area contributed by atoms with Crippen molar-refractivity contribution in [2.75, 3.05) is 7.11 Å². The zero-order valence-electron chi connectivity index (χ0n) is 11.8. The fraction of sp³-hybridized carbons (Fsp3) is 0.0667. The predicted molar refractivity (Wildman–Crippen MR) is 86.6 cm³/mol. The first-order valence-corrected chi connectivity index (χ1v) is 6.96. The highest BCUT2D eigenvalue weighted by Crippen LogP contribution is 2.20. The SMILES string of the molecule is COc1ccc(-c2n[nH]c(=S)n2/N=C\c2ccccn2)cc1. The number of aromatic nitrogens is 4. The van der Waals surface area contributed by atoms with E-state index < -0.39 is 0 Å². The Kier molecular flexibility index (Phi) is 4.06. The van der Waals surface area contributed by atoms with Crippen molar-refractivity contribution in [3.05, 3.63) is 59.1 Å². The van der Waals surface area contributed by atoms with Crippen molar-refractivity contribution >= 4 is 18.4 Å². The number of rotatable bonds is 4. The van der Waals surface area contributed by atoms with Crippen LogP contribution in [0.2, 0.25) is 0 Å². The zero-order valence-corrected chi connectivity index (χ0v) is 12.6. The van der Waals surface area contributed by atoms with Gasteiger partial charge >= 0.3 is 0 Å². The monoisotopic (exact) mass is 311 g/mol. The highest BCUT2D eigenvalue weighted by molar-refractivity contribution is 7.71. The maximum Gasteiger partial charge on any atom is 0.216 e. The Morgan fingerprint density at radius 1 is 1.23 bits per heavy atom. The van der Waals surface area contributed by atoms with Crippen molar-refractivity contribution in [3.8, 4) is 17.1 Å². The highest BCUT2D eigenvalue weighted by atomic mass is 32.1. The summed E-state index contributed by atoms with van der Waals surface area (Å²) >= 11 is 5.22. The topological polar surface area (TPSA) is 68.1 Å². The number of nitrogens with zero attached hydrogens (tertiary/aromatic N) is 4. The molecular weight excluding hydrogens is 298 g/mol. The first kappa shape index (κ1) is 14.2. The number of pyridine rings is 1. The zero-order chi connectivity index (χ0) is 15.4. The number of H-pyrrole nitrogens is 1. The summed E-state index contributed by atoms with van der Waals surface area (Å²) in [5.74, 6) is 1.40. The molecule has 0 aliphatic heterocycles. The summed E-state index contributed by atoms with van der Waals surface area (Å²) in [6, 6.07) is 13.1. The van der Waals surface area contributed by atoms with E-state index in [1.165, 1.54) is 0 Å². The molecule has 0 spiro atoms. The van der Waals surface area contributed by atoms with Crippen molar-refractivity contribution in [1.29, 1.82) is 0 Å². The third kappa shape index (κ3) is 2.94. The molecule has 3 rings (SSSR count). The Morgan fingerprint density at radius 2 is 2.05 bits per heavy atom. The largest absolute Gasteiger partial charge is 0.497 e. The van der Waals surface area contributed by atoms with Gasteiger partial charge in [0.1, 0.15) is 5.75 Å². The quantitative estimate of drug-likeness (QED) is 0.594. The average molecular weight is 311 g/mol. The van der Waals surface area contributed by atoms with Gasteiger partial charge in [-0.05, 0) is 48.6 Å². The first-order chi connectivity index (χ1) is 10.8. The van der Waals surface area contributed by atoms with E-state index in [-0.39, 0.29) is 0 Å². The summed E-state index contributed by atoms with van der Waals surface area (Å²) in [6.45, 7) is 0. The van der Waals surface area contributed by atoms with Crippen LogP contribution in [0, 0.1) is 4.77 Å². The van der Waals surface area contributed by atoms with E-state index in [0.29, 0.717) is 10.6 Å². The Bertz CT molecular complexity index is 836. The average Bonchev–Trinajstić information content (AvgIpc) is 2.95.